The maximum absolute atomic E-state index is 13.4. The Morgan fingerprint density at radius 1 is 1.14 bits per heavy atom. The number of carbonyl (C=O) groups is 1. The van der Waals surface area contributed by atoms with Crippen LogP contribution in [0.15, 0.2) is 65.8 Å². The lowest BCUT2D eigenvalue weighted by Crippen LogP contribution is -2.43. The van der Waals surface area contributed by atoms with Crippen LogP contribution < -0.4 is 9.64 Å². The molecule has 0 spiro atoms. The number of para-hydroxylation sites is 2. The lowest BCUT2D eigenvalue weighted by atomic mass is 10.2. The van der Waals surface area contributed by atoms with Gasteiger partial charge in [0.1, 0.15) is 11.8 Å². The summed E-state index contributed by atoms with van der Waals surface area (Å²) in [5.74, 6) is 0.316. The zero-order chi connectivity index (χ0) is 20.6. The third kappa shape index (κ3) is 3.24. The number of likely N-dealkylation sites (N-methyl/N-ethyl adjacent to an activating group) is 1. The van der Waals surface area contributed by atoms with E-state index in [1.807, 2.05) is 18.2 Å². The Balaban J connectivity index is 1.67. The molecule has 150 valence electrons. The minimum Gasteiger partial charge on any atom is -0.495 e. The summed E-state index contributed by atoms with van der Waals surface area (Å²) in [6, 6.07) is 13.2. The average Bonchev–Trinajstić information content (AvgIpc) is 3.13. The molecule has 1 aliphatic rings. The van der Waals surface area contributed by atoms with Crippen molar-refractivity contribution >= 4 is 32.4 Å². The van der Waals surface area contributed by atoms with Crippen LogP contribution in [-0.2, 0) is 14.8 Å². The van der Waals surface area contributed by atoms with E-state index in [-0.39, 0.29) is 10.8 Å². The quantitative estimate of drug-likeness (QED) is 0.645. The lowest BCUT2D eigenvalue weighted by Gasteiger charge is -2.24. The zero-order valence-corrected chi connectivity index (χ0v) is 17.0. The summed E-state index contributed by atoms with van der Waals surface area (Å²) in [4.78, 5) is 18.9. The van der Waals surface area contributed by atoms with Gasteiger partial charge < -0.3 is 9.64 Å². The highest BCUT2D eigenvalue weighted by atomic mass is 32.2. The molecule has 1 atom stereocenters. The van der Waals surface area contributed by atoms with Gasteiger partial charge in [-0.3, -0.25) is 9.78 Å². The van der Waals surface area contributed by atoms with Crippen LogP contribution in [0.1, 0.15) is 6.42 Å². The van der Waals surface area contributed by atoms with E-state index in [0.717, 1.165) is 5.39 Å². The first-order chi connectivity index (χ1) is 13.9. The highest BCUT2D eigenvalue weighted by Gasteiger charge is 2.41. The van der Waals surface area contributed by atoms with Crippen LogP contribution in [-0.4, -0.2) is 50.4 Å². The molecule has 2 aromatic carbocycles. The number of nitrogens with zero attached hydrogens (tertiary/aromatic N) is 3. The summed E-state index contributed by atoms with van der Waals surface area (Å²) in [6.45, 7) is 0.420. The van der Waals surface area contributed by atoms with Gasteiger partial charge >= 0.3 is 0 Å². The number of fused-ring (bicyclic) bond motifs is 1. The van der Waals surface area contributed by atoms with Crippen LogP contribution in [0.3, 0.4) is 0 Å². The third-order valence-electron chi connectivity index (χ3n) is 5.29. The van der Waals surface area contributed by atoms with Crippen LogP contribution in [0.2, 0.25) is 0 Å². The Morgan fingerprint density at radius 2 is 1.93 bits per heavy atom. The first-order valence-corrected chi connectivity index (χ1v) is 10.6. The van der Waals surface area contributed by atoms with Crippen molar-refractivity contribution < 1.29 is 17.9 Å². The van der Waals surface area contributed by atoms with Crippen LogP contribution >= 0.6 is 0 Å². The van der Waals surface area contributed by atoms with Gasteiger partial charge in [-0.1, -0.05) is 24.3 Å². The highest BCUT2D eigenvalue weighted by Crippen LogP contribution is 2.34. The summed E-state index contributed by atoms with van der Waals surface area (Å²) in [5.41, 5.74) is 0.643. The molecule has 1 aromatic heterocycles. The van der Waals surface area contributed by atoms with Crippen molar-refractivity contribution in [2.45, 2.75) is 17.4 Å². The molecule has 0 bridgehead atoms. The summed E-state index contributed by atoms with van der Waals surface area (Å²) < 4.78 is 33.2. The van der Waals surface area contributed by atoms with Gasteiger partial charge in [-0.05, 0) is 30.7 Å². The number of aromatic nitrogens is 1. The number of rotatable bonds is 5. The van der Waals surface area contributed by atoms with Gasteiger partial charge in [0.2, 0.25) is 15.9 Å². The smallest absolute Gasteiger partial charge is 0.245 e. The average molecular weight is 411 g/mol. The molecule has 0 aliphatic carbocycles. The normalized spacial score (nSPS) is 17.3. The number of pyridine rings is 1. The Morgan fingerprint density at radius 3 is 2.72 bits per heavy atom. The predicted octanol–water partition coefficient (Wildman–Crippen LogP) is 2.67. The van der Waals surface area contributed by atoms with Crippen molar-refractivity contribution in [3.05, 3.63) is 60.9 Å². The van der Waals surface area contributed by atoms with Crippen molar-refractivity contribution in [1.82, 2.24) is 9.29 Å². The van der Waals surface area contributed by atoms with Gasteiger partial charge in [-0.2, -0.15) is 4.31 Å². The van der Waals surface area contributed by atoms with Gasteiger partial charge in [0.05, 0.1) is 17.7 Å². The van der Waals surface area contributed by atoms with Crippen molar-refractivity contribution in [3.8, 4) is 5.75 Å². The topological polar surface area (TPSA) is 79.8 Å². The zero-order valence-electron chi connectivity index (χ0n) is 16.1. The molecule has 0 radical (unpaired) electrons. The molecule has 1 unspecified atom stereocenters. The Hall–Kier alpha value is -2.97. The van der Waals surface area contributed by atoms with Crippen molar-refractivity contribution in [1.29, 1.82) is 0 Å². The summed E-state index contributed by atoms with van der Waals surface area (Å²) in [6.07, 6.45) is 3.59. The number of hydrogen-bond donors (Lipinski definition) is 0. The van der Waals surface area contributed by atoms with E-state index in [1.54, 1.807) is 54.7 Å². The number of methoxy groups -OCH3 is 1. The Labute approximate surface area is 169 Å². The number of ether oxygens (including phenoxy) is 1. The maximum atomic E-state index is 13.4. The van der Waals surface area contributed by atoms with E-state index < -0.39 is 16.1 Å². The van der Waals surface area contributed by atoms with Crippen LogP contribution in [0.4, 0.5) is 5.69 Å². The number of carbonyl (C=O) groups excluding carboxylic acids is 1. The van der Waals surface area contributed by atoms with Gasteiger partial charge in [-0.25, -0.2) is 8.42 Å². The maximum Gasteiger partial charge on any atom is 0.245 e. The fourth-order valence-corrected chi connectivity index (χ4v) is 5.29. The first kappa shape index (κ1) is 19.4. The number of amides is 1. The van der Waals surface area contributed by atoms with Gasteiger partial charge in [-0.15, -0.1) is 0 Å². The van der Waals surface area contributed by atoms with E-state index in [9.17, 15) is 13.2 Å². The summed E-state index contributed by atoms with van der Waals surface area (Å²) in [7, 11) is -0.870. The second-order valence-corrected chi connectivity index (χ2v) is 8.81. The monoisotopic (exact) mass is 411 g/mol. The van der Waals surface area contributed by atoms with Crippen LogP contribution in [0.25, 0.3) is 10.8 Å². The molecular weight excluding hydrogens is 390 g/mol. The van der Waals surface area contributed by atoms with Crippen molar-refractivity contribution in [2.24, 2.45) is 0 Å². The Bertz CT molecular complexity index is 1170. The SMILES string of the molecule is COc1ccccc1N1CCC(N(C)S(=O)(=O)c2cccc3cnccc23)C1=O. The van der Waals surface area contributed by atoms with E-state index >= 15 is 0 Å². The standard InChI is InChI=1S/C21H21N3O4S/c1-23(29(26,27)20-9-5-6-15-14-22-12-10-16(15)20)18-11-13-24(21(18)25)17-7-3-4-8-19(17)28-2/h3-10,12,14,18H,11,13H2,1-2H3. The molecular formula is C21H21N3O4S. The second kappa shape index (κ2) is 7.46. The number of sulfonamides is 1. The molecule has 0 saturated carbocycles. The molecule has 0 N–H and O–H groups in total. The molecule has 1 saturated heterocycles. The highest BCUT2D eigenvalue weighted by molar-refractivity contribution is 7.89. The Kier molecular flexibility index (Phi) is 4.97. The molecule has 29 heavy (non-hydrogen) atoms. The fraction of sp³-hybridized carbons (Fsp3) is 0.238. The molecule has 1 amide bonds. The largest absolute Gasteiger partial charge is 0.495 e. The van der Waals surface area contributed by atoms with Crippen LogP contribution in [0, 0.1) is 0 Å². The van der Waals surface area contributed by atoms with E-state index in [0.29, 0.717) is 29.8 Å². The molecule has 2 heterocycles. The predicted molar refractivity (Wildman–Crippen MR) is 110 cm³/mol. The molecule has 8 heteroatoms. The molecule has 1 fully saturated rings. The number of anilines is 1. The molecule has 1 aliphatic heterocycles. The third-order valence-corrected chi connectivity index (χ3v) is 7.21. The number of hydrogen-bond acceptors (Lipinski definition) is 5. The second-order valence-electron chi connectivity index (χ2n) is 6.84. The first-order valence-electron chi connectivity index (χ1n) is 9.20. The molecule has 7 nitrogen and oxygen atoms in total. The lowest BCUT2D eigenvalue weighted by molar-refractivity contribution is -0.120. The van der Waals surface area contributed by atoms with Gasteiger partial charge in [0.25, 0.3) is 0 Å². The molecule has 4 rings (SSSR count). The minimum absolute atomic E-state index is 0.170. The van der Waals surface area contributed by atoms with Crippen LogP contribution in [0.5, 0.6) is 5.75 Å². The minimum atomic E-state index is -3.88. The summed E-state index contributed by atoms with van der Waals surface area (Å²) >= 11 is 0. The van der Waals surface area contributed by atoms with Gasteiger partial charge in [0, 0.05) is 36.8 Å². The molecule has 3 aromatic rings. The van der Waals surface area contributed by atoms with Gasteiger partial charge in [0.15, 0.2) is 0 Å². The summed E-state index contributed by atoms with van der Waals surface area (Å²) in [5, 5.41) is 1.32. The fourth-order valence-electron chi connectivity index (χ4n) is 3.73. The number of benzene rings is 2. The van der Waals surface area contributed by atoms with E-state index in [4.69, 9.17) is 4.74 Å². The van der Waals surface area contributed by atoms with Crippen molar-refractivity contribution in [3.63, 3.8) is 0 Å². The van der Waals surface area contributed by atoms with E-state index in [2.05, 4.69) is 4.98 Å². The van der Waals surface area contributed by atoms with Crippen molar-refractivity contribution in [2.75, 3.05) is 25.6 Å². The van der Waals surface area contributed by atoms with E-state index in [1.165, 1.54) is 11.4 Å².